The molecule has 1 aliphatic carbocycles. The third-order valence-electron chi connectivity index (χ3n) is 2.54. The molecule has 1 saturated carbocycles. The molecule has 0 spiro atoms. The van der Waals surface area contributed by atoms with Crippen molar-refractivity contribution in [3.05, 3.63) is 28.2 Å². The van der Waals surface area contributed by atoms with Crippen LogP contribution in [0.2, 0.25) is 0 Å². The topological polar surface area (TPSA) is 38.0 Å². The number of nitrogens with two attached hydrogens (primary N) is 1. The highest BCUT2D eigenvalue weighted by molar-refractivity contribution is 9.10. The fraction of sp³-hybridized carbons (Fsp3) is 0.364. The summed E-state index contributed by atoms with van der Waals surface area (Å²) in [6, 6.07) is 5.96. The molecule has 80 valence electrons. The largest absolute Gasteiger partial charge is 0.389 e. The van der Waals surface area contributed by atoms with Gasteiger partial charge in [0, 0.05) is 22.3 Å². The zero-order valence-electron chi connectivity index (χ0n) is 8.29. The highest BCUT2D eigenvalue weighted by Crippen LogP contribution is 2.30. The van der Waals surface area contributed by atoms with Gasteiger partial charge in [0.2, 0.25) is 0 Å². The van der Waals surface area contributed by atoms with Crippen molar-refractivity contribution in [3.63, 3.8) is 0 Å². The van der Waals surface area contributed by atoms with E-state index in [1.165, 1.54) is 12.8 Å². The second-order valence-corrected chi connectivity index (χ2v) is 5.15. The van der Waals surface area contributed by atoms with E-state index in [9.17, 15) is 0 Å². The van der Waals surface area contributed by atoms with E-state index in [1.807, 2.05) is 18.2 Å². The molecule has 0 bridgehead atoms. The molecule has 0 amide bonds. The fourth-order valence-corrected chi connectivity index (χ4v) is 2.43. The van der Waals surface area contributed by atoms with Crippen LogP contribution in [0.5, 0.6) is 0 Å². The van der Waals surface area contributed by atoms with Gasteiger partial charge in [-0.2, -0.15) is 0 Å². The van der Waals surface area contributed by atoms with E-state index < -0.39 is 0 Å². The molecule has 4 heteroatoms. The number of anilines is 1. The summed E-state index contributed by atoms with van der Waals surface area (Å²) in [5.41, 5.74) is 7.64. The maximum absolute atomic E-state index is 5.70. The van der Waals surface area contributed by atoms with Crippen LogP contribution in [-0.4, -0.2) is 11.5 Å². The maximum Gasteiger partial charge on any atom is 0.107 e. The van der Waals surface area contributed by atoms with Crippen LogP contribution in [0.4, 0.5) is 5.69 Å². The van der Waals surface area contributed by atoms with Crippen molar-refractivity contribution >= 4 is 38.8 Å². The van der Waals surface area contributed by atoms with E-state index >= 15 is 0 Å². The first-order chi connectivity index (χ1) is 7.18. The van der Waals surface area contributed by atoms with Gasteiger partial charge in [-0.3, -0.25) is 0 Å². The average Bonchev–Trinajstić information content (AvgIpc) is 2.97. The summed E-state index contributed by atoms with van der Waals surface area (Å²) in [4.78, 5) is 0.431. The summed E-state index contributed by atoms with van der Waals surface area (Å²) in [7, 11) is 0. The summed E-state index contributed by atoms with van der Waals surface area (Å²) < 4.78 is 0.954. The van der Waals surface area contributed by atoms with Gasteiger partial charge in [0.15, 0.2) is 0 Å². The van der Waals surface area contributed by atoms with Crippen LogP contribution in [0, 0.1) is 5.92 Å². The SMILES string of the molecule is NC(=S)c1c(Br)cccc1NCC1CC1. The third kappa shape index (κ3) is 2.69. The van der Waals surface area contributed by atoms with Gasteiger partial charge in [-0.1, -0.05) is 18.3 Å². The number of halogens is 1. The Hall–Kier alpha value is -0.610. The lowest BCUT2D eigenvalue weighted by molar-refractivity contribution is 0.889. The van der Waals surface area contributed by atoms with Gasteiger partial charge in [-0.25, -0.2) is 0 Å². The standard InChI is InChI=1S/C11H13BrN2S/c12-8-2-1-3-9(10(8)11(13)15)14-6-7-4-5-7/h1-3,7,14H,4-6H2,(H2,13,15). The van der Waals surface area contributed by atoms with Crippen LogP contribution in [0.15, 0.2) is 22.7 Å². The minimum Gasteiger partial charge on any atom is -0.389 e. The van der Waals surface area contributed by atoms with E-state index in [1.54, 1.807) is 0 Å². The maximum atomic E-state index is 5.70. The van der Waals surface area contributed by atoms with Crippen LogP contribution in [0.1, 0.15) is 18.4 Å². The van der Waals surface area contributed by atoms with E-state index in [4.69, 9.17) is 18.0 Å². The molecule has 1 fully saturated rings. The molecule has 3 N–H and O–H groups in total. The van der Waals surface area contributed by atoms with Crippen molar-refractivity contribution in [3.8, 4) is 0 Å². The number of hydrogen-bond donors (Lipinski definition) is 2. The smallest absolute Gasteiger partial charge is 0.107 e. The monoisotopic (exact) mass is 284 g/mol. The zero-order valence-corrected chi connectivity index (χ0v) is 10.7. The summed E-state index contributed by atoms with van der Waals surface area (Å²) in [6.45, 7) is 1.02. The summed E-state index contributed by atoms with van der Waals surface area (Å²) in [5, 5.41) is 3.40. The van der Waals surface area contributed by atoms with Crippen LogP contribution in [0.25, 0.3) is 0 Å². The minimum absolute atomic E-state index is 0.431. The zero-order chi connectivity index (χ0) is 10.8. The second kappa shape index (κ2) is 4.49. The van der Waals surface area contributed by atoms with Gasteiger partial charge in [0.25, 0.3) is 0 Å². The first-order valence-electron chi connectivity index (χ1n) is 5.00. The highest BCUT2D eigenvalue weighted by atomic mass is 79.9. The molecule has 0 aliphatic heterocycles. The van der Waals surface area contributed by atoms with E-state index in [0.29, 0.717) is 4.99 Å². The van der Waals surface area contributed by atoms with Crippen LogP contribution < -0.4 is 11.1 Å². The summed E-state index contributed by atoms with van der Waals surface area (Å²) in [6.07, 6.45) is 2.67. The molecule has 0 atom stereocenters. The molecular weight excluding hydrogens is 272 g/mol. The molecule has 0 unspecified atom stereocenters. The molecule has 1 aliphatic rings. The summed E-state index contributed by atoms with van der Waals surface area (Å²) in [5.74, 6) is 0.836. The quantitative estimate of drug-likeness (QED) is 0.835. The normalized spacial score (nSPS) is 15.0. The van der Waals surface area contributed by atoms with Crippen molar-refractivity contribution in [2.45, 2.75) is 12.8 Å². The Kier molecular flexibility index (Phi) is 3.26. The summed E-state index contributed by atoms with van der Waals surface area (Å²) >= 11 is 8.50. The lowest BCUT2D eigenvalue weighted by Gasteiger charge is -2.12. The number of rotatable bonds is 4. The Morgan fingerprint density at radius 1 is 1.53 bits per heavy atom. The van der Waals surface area contributed by atoms with Crippen LogP contribution >= 0.6 is 28.1 Å². The van der Waals surface area contributed by atoms with Gasteiger partial charge in [0.1, 0.15) is 4.99 Å². The fourth-order valence-electron chi connectivity index (χ4n) is 1.50. The Morgan fingerprint density at radius 2 is 2.27 bits per heavy atom. The Morgan fingerprint density at radius 3 is 2.87 bits per heavy atom. The van der Waals surface area contributed by atoms with Crippen molar-refractivity contribution in [2.75, 3.05) is 11.9 Å². The highest BCUT2D eigenvalue weighted by Gasteiger charge is 2.21. The van der Waals surface area contributed by atoms with Gasteiger partial charge < -0.3 is 11.1 Å². The molecule has 2 rings (SSSR count). The van der Waals surface area contributed by atoms with Gasteiger partial charge >= 0.3 is 0 Å². The van der Waals surface area contributed by atoms with Crippen molar-refractivity contribution in [2.24, 2.45) is 11.7 Å². The van der Waals surface area contributed by atoms with E-state index in [-0.39, 0.29) is 0 Å². The molecular formula is C11H13BrN2S. The number of nitrogens with one attached hydrogen (secondary N) is 1. The molecule has 2 nitrogen and oxygen atoms in total. The first kappa shape index (κ1) is 10.9. The van der Waals surface area contributed by atoms with Crippen molar-refractivity contribution in [1.82, 2.24) is 0 Å². The van der Waals surface area contributed by atoms with Gasteiger partial charge in [-0.15, -0.1) is 0 Å². The van der Waals surface area contributed by atoms with E-state index in [0.717, 1.165) is 28.2 Å². The molecule has 0 heterocycles. The first-order valence-corrected chi connectivity index (χ1v) is 6.21. The van der Waals surface area contributed by atoms with Crippen LogP contribution in [-0.2, 0) is 0 Å². The lowest BCUT2D eigenvalue weighted by atomic mass is 10.1. The molecule has 15 heavy (non-hydrogen) atoms. The predicted octanol–water partition coefficient (Wildman–Crippen LogP) is 2.91. The lowest BCUT2D eigenvalue weighted by Crippen LogP contribution is -2.15. The molecule has 1 aromatic rings. The van der Waals surface area contributed by atoms with E-state index in [2.05, 4.69) is 21.2 Å². The number of benzene rings is 1. The Labute approximate surface area is 103 Å². The second-order valence-electron chi connectivity index (χ2n) is 3.85. The molecule has 0 saturated heterocycles. The minimum atomic E-state index is 0.431. The Bertz CT molecular complexity index is 388. The van der Waals surface area contributed by atoms with Crippen molar-refractivity contribution < 1.29 is 0 Å². The molecule has 1 aromatic carbocycles. The number of hydrogen-bond acceptors (Lipinski definition) is 2. The third-order valence-corrected chi connectivity index (χ3v) is 3.40. The molecule has 0 aromatic heterocycles. The van der Waals surface area contributed by atoms with Crippen LogP contribution in [0.3, 0.4) is 0 Å². The van der Waals surface area contributed by atoms with Crippen molar-refractivity contribution in [1.29, 1.82) is 0 Å². The number of thiocarbonyl (C=S) groups is 1. The predicted molar refractivity (Wildman–Crippen MR) is 71.2 cm³/mol. The van der Waals surface area contributed by atoms with Gasteiger partial charge in [-0.05, 0) is 46.8 Å². The Balaban J connectivity index is 2.19. The average molecular weight is 285 g/mol. The molecule has 0 radical (unpaired) electrons. The van der Waals surface area contributed by atoms with Gasteiger partial charge in [0.05, 0.1) is 0 Å².